The summed E-state index contributed by atoms with van der Waals surface area (Å²) in [5.41, 5.74) is 3.00. The van der Waals surface area contributed by atoms with Crippen LogP contribution < -0.4 is 10.1 Å². The third kappa shape index (κ3) is 6.12. The first-order valence-corrected chi connectivity index (χ1v) is 11.0. The van der Waals surface area contributed by atoms with E-state index < -0.39 is 11.7 Å². The zero-order valence-electron chi connectivity index (χ0n) is 20.5. The normalized spacial score (nSPS) is 11.1. The van der Waals surface area contributed by atoms with Gasteiger partial charge in [-0.3, -0.25) is 4.79 Å². The Bertz CT molecular complexity index is 1130. The first-order valence-electron chi connectivity index (χ1n) is 11.0. The van der Waals surface area contributed by atoms with Gasteiger partial charge in [-0.15, -0.1) is 0 Å². The minimum Gasteiger partial charge on any atom is -0.481 e. The summed E-state index contributed by atoms with van der Waals surface area (Å²) < 4.78 is 12.1. The minimum atomic E-state index is -0.552. The third-order valence-corrected chi connectivity index (χ3v) is 5.01. The fraction of sp³-hybridized carbons (Fsp3) is 0.360. The highest BCUT2D eigenvalue weighted by Gasteiger charge is 2.20. The van der Waals surface area contributed by atoms with Gasteiger partial charge in [0.15, 0.2) is 5.69 Å². The number of nitrogens with zero attached hydrogens (tertiary/aromatic N) is 4. The molecule has 1 N–H and O–H groups in total. The van der Waals surface area contributed by atoms with Crippen molar-refractivity contribution in [1.82, 2.24) is 25.0 Å². The highest BCUT2D eigenvalue weighted by Crippen LogP contribution is 2.25. The molecule has 34 heavy (non-hydrogen) atoms. The monoisotopic (exact) mass is 465 g/mol. The molecule has 2 amide bonds. The van der Waals surface area contributed by atoms with Crippen molar-refractivity contribution in [2.45, 2.75) is 39.8 Å². The molecule has 0 atom stereocenters. The van der Waals surface area contributed by atoms with Gasteiger partial charge in [-0.05, 0) is 45.4 Å². The zero-order chi connectivity index (χ0) is 24.9. The maximum Gasteiger partial charge on any atom is 0.407 e. The lowest BCUT2D eigenvalue weighted by Gasteiger charge is -2.19. The van der Waals surface area contributed by atoms with E-state index in [0.717, 1.165) is 16.8 Å². The molecule has 0 aliphatic carbocycles. The van der Waals surface area contributed by atoms with Crippen LogP contribution in [0.5, 0.6) is 5.88 Å². The Morgan fingerprint density at radius 1 is 1.12 bits per heavy atom. The average Bonchev–Trinajstić information content (AvgIpc) is 3.26. The third-order valence-electron chi connectivity index (χ3n) is 5.01. The molecular weight excluding hydrogens is 434 g/mol. The number of amides is 2. The Kier molecular flexibility index (Phi) is 7.55. The van der Waals surface area contributed by atoms with Crippen molar-refractivity contribution in [3.8, 4) is 22.8 Å². The lowest BCUT2D eigenvalue weighted by atomic mass is 10.1. The summed E-state index contributed by atoms with van der Waals surface area (Å²) in [7, 11) is 3.29. The van der Waals surface area contributed by atoms with Crippen molar-refractivity contribution in [3.05, 3.63) is 59.9 Å². The summed E-state index contributed by atoms with van der Waals surface area (Å²) in [5.74, 6) is 0.323. The molecule has 180 valence electrons. The number of alkyl carbamates (subject to hydrolysis) is 1. The smallest absolute Gasteiger partial charge is 0.407 e. The van der Waals surface area contributed by atoms with Crippen molar-refractivity contribution in [2.75, 3.05) is 20.7 Å². The maximum absolute atomic E-state index is 12.8. The molecular formula is C25H31N5O4. The van der Waals surface area contributed by atoms with Gasteiger partial charge < -0.3 is 19.7 Å². The lowest BCUT2D eigenvalue weighted by molar-refractivity contribution is 0.0523. The molecule has 0 aliphatic heterocycles. The standard InChI is InChI=1S/C25H31N5O4/c1-7-29(5)23(31)20-14-21(30(28-20)19-12-13-22(33-6)26-16-19)18-10-8-17(9-11-18)15-27-24(32)34-25(2,3)4/h8-14,16H,7,15H2,1-6H3,(H,27,32). The Balaban J connectivity index is 1.88. The number of pyridine rings is 1. The number of ether oxygens (including phenoxy) is 2. The maximum atomic E-state index is 12.8. The van der Waals surface area contributed by atoms with E-state index in [9.17, 15) is 9.59 Å². The van der Waals surface area contributed by atoms with Gasteiger partial charge in [0.1, 0.15) is 5.60 Å². The number of nitrogens with one attached hydrogen (secondary N) is 1. The molecule has 0 saturated carbocycles. The predicted octanol–water partition coefficient (Wildman–Crippen LogP) is 4.06. The molecule has 0 fully saturated rings. The number of benzene rings is 1. The first-order chi connectivity index (χ1) is 16.1. The second-order valence-corrected chi connectivity index (χ2v) is 8.76. The number of carbonyl (C=O) groups is 2. The molecule has 0 spiro atoms. The Hall–Kier alpha value is -3.88. The van der Waals surface area contributed by atoms with E-state index in [1.54, 1.807) is 42.1 Å². The highest BCUT2D eigenvalue weighted by molar-refractivity contribution is 5.93. The molecule has 9 heteroatoms. The summed E-state index contributed by atoms with van der Waals surface area (Å²) in [6, 6.07) is 13.0. The summed E-state index contributed by atoms with van der Waals surface area (Å²) >= 11 is 0. The molecule has 0 bridgehead atoms. The van der Waals surface area contributed by atoms with Crippen LogP contribution in [-0.2, 0) is 11.3 Å². The SMILES string of the molecule is CCN(C)C(=O)c1cc(-c2ccc(CNC(=O)OC(C)(C)C)cc2)n(-c2ccc(OC)nc2)n1. The molecule has 0 unspecified atom stereocenters. The summed E-state index contributed by atoms with van der Waals surface area (Å²) in [4.78, 5) is 30.6. The number of aromatic nitrogens is 3. The van der Waals surface area contributed by atoms with Gasteiger partial charge in [0.05, 0.1) is 24.7 Å². The molecule has 3 aromatic rings. The van der Waals surface area contributed by atoms with Gasteiger partial charge in [-0.2, -0.15) is 5.10 Å². The van der Waals surface area contributed by atoms with E-state index in [4.69, 9.17) is 9.47 Å². The molecule has 2 aromatic heterocycles. The van der Waals surface area contributed by atoms with Crippen LogP contribution in [0.25, 0.3) is 16.9 Å². The molecule has 0 aliphatic rings. The zero-order valence-corrected chi connectivity index (χ0v) is 20.5. The van der Waals surface area contributed by atoms with Crippen LogP contribution in [0.1, 0.15) is 43.7 Å². The van der Waals surface area contributed by atoms with E-state index in [-0.39, 0.29) is 5.91 Å². The van der Waals surface area contributed by atoms with Crippen LogP contribution in [0.4, 0.5) is 4.79 Å². The fourth-order valence-electron chi connectivity index (χ4n) is 3.13. The molecule has 9 nitrogen and oxygen atoms in total. The summed E-state index contributed by atoms with van der Waals surface area (Å²) in [6.45, 7) is 8.28. The average molecular weight is 466 g/mol. The molecule has 3 rings (SSSR count). The lowest BCUT2D eigenvalue weighted by Crippen LogP contribution is -2.32. The van der Waals surface area contributed by atoms with Gasteiger partial charge in [0, 0.05) is 31.8 Å². The van der Waals surface area contributed by atoms with Crippen LogP contribution in [0, 0.1) is 0 Å². The predicted molar refractivity (Wildman–Crippen MR) is 129 cm³/mol. The second-order valence-electron chi connectivity index (χ2n) is 8.76. The van der Waals surface area contributed by atoms with Gasteiger partial charge in [-0.1, -0.05) is 24.3 Å². The van der Waals surface area contributed by atoms with E-state index >= 15 is 0 Å². The Morgan fingerprint density at radius 3 is 2.38 bits per heavy atom. The fourth-order valence-corrected chi connectivity index (χ4v) is 3.13. The molecule has 1 aromatic carbocycles. The van der Waals surface area contributed by atoms with Crippen LogP contribution in [0.3, 0.4) is 0 Å². The van der Waals surface area contributed by atoms with E-state index in [2.05, 4.69) is 15.4 Å². The van der Waals surface area contributed by atoms with Gasteiger partial charge in [0.2, 0.25) is 5.88 Å². The van der Waals surface area contributed by atoms with Crippen LogP contribution in [-0.4, -0.2) is 58.0 Å². The van der Waals surface area contributed by atoms with Crippen molar-refractivity contribution in [1.29, 1.82) is 0 Å². The van der Waals surface area contributed by atoms with E-state index in [1.807, 2.05) is 58.0 Å². The molecule has 0 radical (unpaired) electrons. The molecule has 0 saturated heterocycles. The van der Waals surface area contributed by atoms with Crippen molar-refractivity contribution in [2.24, 2.45) is 0 Å². The quantitative estimate of drug-likeness (QED) is 0.565. The number of hydrogen-bond acceptors (Lipinski definition) is 6. The Morgan fingerprint density at radius 2 is 1.82 bits per heavy atom. The van der Waals surface area contributed by atoms with Gasteiger partial charge in [0.25, 0.3) is 5.91 Å². The number of rotatable bonds is 7. The number of hydrogen-bond donors (Lipinski definition) is 1. The van der Waals surface area contributed by atoms with E-state index in [1.165, 1.54) is 0 Å². The van der Waals surface area contributed by atoms with Gasteiger partial charge >= 0.3 is 6.09 Å². The molecule has 2 heterocycles. The number of methoxy groups -OCH3 is 1. The van der Waals surface area contributed by atoms with Crippen LogP contribution in [0.15, 0.2) is 48.7 Å². The topological polar surface area (TPSA) is 98.6 Å². The minimum absolute atomic E-state index is 0.165. The first kappa shape index (κ1) is 24.8. The van der Waals surface area contributed by atoms with E-state index in [0.29, 0.717) is 30.4 Å². The van der Waals surface area contributed by atoms with Crippen LogP contribution in [0.2, 0.25) is 0 Å². The van der Waals surface area contributed by atoms with Crippen molar-refractivity contribution >= 4 is 12.0 Å². The van der Waals surface area contributed by atoms with Gasteiger partial charge in [-0.25, -0.2) is 14.5 Å². The second kappa shape index (κ2) is 10.4. The van der Waals surface area contributed by atoms with Crippen molar-refractivity contribution in [3.63, 3.8) is 0 Å². The van der Waals surface area contributed by atoms with Crippen molar-refractivity contribution < 1.29 is 19.1 Å². The van der Waals surface area contributed by atoms with Crippen LogP contribution >= 0.6 is 0 Å². The summed E-state index contributed by atoms with van der Waals surface area (Å²) in [5, 5.41) is 7.32. The largest absolute Gasteiger partial charge is 0.481 e. The Labute approximate surface area is 199 Å². The summed E-state index contributed by atoms with van der Waals surface area (Å²) in [6.07, 6.45) is 1.18. The number of carbonyl (C=O) groups excluding carboxylic acids is 2. The highest BCUT2D eigenvalue weighted by atomic mass is 16.6.